The second-order valence-electron chi connectivity index (χ2n) is 9.01. The molecule has 4 aromatic rings. The van der Waals surface area contributed by atoms with Crippen molar-refractivity contribution < 1.29 is 33.6 Å². The topological polar surface area (TPSA) is 103 Å². The third kappa shape index (κ3) is 5.61. The Morgan fingerprint density at radius 1 is 0.875 bits per heavy atom. The molecule has 1 aliphatic rings. The summed E-state index contributed by atoms with van der Waals surface area (Å²) in [6.07, 6.45) is 1.56. The molecule has 0 aromatic heterocycles. The third-order valence-corrected chi connectivity index (χ3v) is 6.42. The quantitative estimate of drug-likeness (QED) is 0.235. The number of carboxylic acids is 1. The molecule has 8 heteroatoms. The van der Waals surface area contributed by atoms with Gasteiger partial charge < -0.3 is 29.4 Å². The number of carboxylic acid groups (broad SMARTS) is 1. The second kappa shape index (κ2) is 11.7. The summed E-state index contributed by atoms with van der Waals surface area (Å²) < 4.78 is 22.3. The van der Waals surface area contributed by atoms with Crippen LogP contribution in [-0.2, 0) is 4.79 Å². The Morgan fingerprint density at radius 3 is 2.23 bits per heavy atom. The summed E-state index contributed by atoms with van der Waals surface area (Å²) in [7, 11) is 1.55. The van der Waals surface area contributed by atoms with E-state index in [9.17, 15) is 14.7 Å². The number of ether oxygens (including phenoxy) is 4. The number of hydrogen-bond donors (Lipinski definition) is 2. The molecule has 0 saturated heterocycles. The van der Waals surface area contributed by atoms with E-state index in [4.69, 9.17) is 18.9 Å². The standard InChI is InChI=1S/C32H27NO7/c1-37-25-15-13-24(14-16-25)33-32(19-18-22-8-4-2-5-9-22,30(31(35)36)40-26-10-6-3-7-11-26)29(34)23-12-17-27-28(20-23)39-21-38-27/h2-20,30,33H,21H2,1H3,(H,35,36)/b19-18+/t30-,32-/m1/s1. The van der Waals surface area contributed by atoms with Gasteiger partial charge in [-0.05, 0) is 66.2 Å². The molecule has 0 radical (unpaired) electrons. The molecule has 0 bridgehead atoms. The molecular weight excluding hydrogens is 510 g/mol. The van der Waals surface area contributed by atoms with Crippen LogP contribution in [0.3, 0.4) is 0 Å². The lowest BCUT2D eigenvalue weighted by Crippen LogP contribution is -2.60. The minimum atomic E-state index is -1.92. The van der Waals surface area contributed by atoms with Crippen LogP contribution in [0, 0.1) is 0 Å². The number of ketones is 1. The highest BCUT2D eigenvalue weighted by Crippen LogP contribution is 2.36. The number of hydrogen-bond acceptors (Lipinski definition) is 7. The first kappa shape index (κ1) is 26.4. The number of rotatable bonds is 11. The van der Waals surface area contributed by atoms with E-state index in [1.54, 1.807) is 92.1 Å². The molecule has 0 amide bonds. The minimum Gasteiger partial charge on any atom is -0.497 e. The largest absolute Gasteiger partial charge is 0.497 e. The van der Waals surface area contributed by atoms with Crippen LogP contribution >= 0.6 is 0 Å². The number of fused-ring (bicyclic) bond motifs is 1. The molecule has 40 heavy (non-hydrogen) atoms. The van der Waals surface area contributed by atoms with Crippen LogP contribution in [0.5, 0.6) is 23.0 Å². The Kier molecular flexibility index (Phi) is 7.68. The lowest BCUT2D eigenvalue weighted by Gasteiger charge is -2.36. The molecule has 1 heterocycles. The van der Waals surface area contributed by atoms with Gasteiger partial charge in [-0.1, -0.05) is 54.6 Å². The van der Waals surface area contributed by atoms with Crippen molar-refractivity contribution in [2.45, 2.75) is 11.6 Å². The number of benzene rings is 4. The summed E-state index contributed by atoms with van der Waals surface area (Å²) in [5, 5.41) is 13.8. The SMILES string of the molecule is COc1ccc(N[C@](/C=C/c2ccccc2)(C(=O)c2ccc3c(c2)OCO3)[C@H](Oc2ccccc2)C(=O)O)cc1. The van der Waals surface area contributed by atoms with Crippen molar-refractivity contribution in [1.82, 2.24) is 0 Å². The van der Waals surface area contributed by atoms with E-state index in [1.807, 2.05) is 30.3 Å². The minimum absolute atomic E-state index is 0.0327. The van der Waals surface area contributed by atoms with Crippen molar-refractivity contribution in [3.05, 3.63) is 120 Å². The molecule has 2 atom stereocenters. The van der Waals surface area contributed by atoms with Crippen LogP contribution < -0.4 is 24.3 Å². The molecule has 0 aliphatic carbocycles. The van der Waals surface area contributed by atoms with Gasteiger partial charge >= 0.3 is 5.97 Å². The van der Waals surface area contributed by atoms with E-state index in [2.05, 4.69) is 5.32 Å². The lowest BCUT2D eigenvalue weighted by atomic mass is 9.82. The zero-order chi connectivity index (χ0) is 28.0. The van der Waals surface area contributed by atoms with E-state index < -0.39 is 23.4 Å². The fourth-order valence-corrected chi connectivity index (χ4v) is 4.40. The fourth-order valence-electron chi connectivity index (χ4n) is 4.40. The van der Waals surface area contributed by atoms with Gasteiger partial charge in [0.25, 0.3) is 0 Å². The highest BCUT2D eigenvalue weighted by atomic mass is 16.7. The Bertz CT molecular complexity index is 1500. The average Bonchev–Trinajstić information content (AvgIpc) is 3.47. The van der Waals surface area contributed by atoms with Gasteiger partial charge in [-0.15, -0.1) is 0 Å². The molecule has 5 rings (SSSR count). The predicted octanol–water partition coefficient (Wildman–Crippen LogP) is 5.70. The highest BCUT2D eigenvalue weighted by Gasteiger charge is 2.50. The van der Waals surface area contributed by atoms with Gasteiger partial charge in [-0.3, -0.25) is 4.79 Å². The third-order valence-electron chi connectivity index (χ3n) is 6.42. The number of methoxy groups -OCH3 is 1. The number of anilines is 1. The number of Topliss-reactive ketones (excluding diaryl/α,β-unsaturated/α-hetero) is 1. The molecule has 0 spiro atoms. The van der Waals surface area contributed by atoms with Crippen LogP contribution in [0.1, 0.15) is 15.9 Å². The van der Waals surface area contributed by atoms with Crippen molar-refractivity contribution >= 4 is 23.5 Å². The smallest absolute Gasteiger partial charge is 0.348 e. The van der Waals surface area contributed by atoms with Crippen LogP contribution in [-0.4, -0.2) is 42.4 Å². The zero-order valence-corrected chi connectivity index (χ0v) is 21.7. The highest BCUT2D eigenvalue weighted by molar-refractivity contribution is 6.10. The number of nitrogens with one attached hydrogen (secondary N) is 1. The summed E-state index contributed by atoms with van der Waals surface area (Å²) >= 11 is 0. The van der Waals surface area contributed by atoms with Gasteiger partial charge in [0, 0.05) is 11.3 Å². The summed E-state index contributed by atoms with van der Waals surface area (Å²) in [4.78, 5) is 27.5. The summed E-state index contributed by atoms with van der Waals surface area (Å²) in [5.74, 6) is -0.0860. The molecular formula is C32H27NO7. The molecule has 8 nitrogen and oxygen atoms in total. The van der Waals surface area contributed by atoms with Crippen molar-refractivity contribution in [2.24, 2.45) is 0 Å². The van der Waals surface area contributed by atoms with Crippen LogP contribution in [0.4, 0.5) is 5.69 Å². The predicted molar refractivity (Wildman–Crippen MR) is 150 cm³/mol. The van der Waals surface area contributed by atoms with Gasteiger partial charge in [0.05, 0.1) is 7.11 Å². The van der Waals surface area contributed by atoms with Gasteiger partial charge in [0.15, 0.2) is 22.8 Å². The Morgan fingerprint density at radius 2 is 1.55 bits per heavy atom. The summed E-state index contributed by atoms with van der Waals surface area (Å²) in [6.45, 7) is 0.0327. The number of para-hydroxylation sites is 1. The monoisotopic (exact) mass is 537 g/mol. The average molecular weight is 538 g/mol. The van der Waals surface area contributed by atoms with Crippen molar-refractivity contribution in [3.8, 4) is 23.0 Å². The molecule has 0 saturated carbocycles. The van der Waals surface area contributed by atoms with E-state index >= 15 is 0 Å². The van der Waals surface area contributed by atoms with Gasteiger partial charge in [0.1, 0.15) is 11.5 Å². The molecule has 0 fully saturated rings. The van der Waals surface area contributed by atoms with Crippen molar-refractivity contribution in [2.75, 3.05) is 19.2 Å². The van der Waals surface area contributed by atoms with E-state index in [0.717, 1.165) is 5.56 Å². The molecule has 0 unspecified atom stereocenters. The first-order valence-corrected chi connectivity index (χ1v) is 12.5. The molecule has 1 aliphatic heterocycles. The molecule has 2 N–H and O–H groups in total. The first-order valence-electron chi connectivity index (χ1n) is 12.5. The number of carbonyl (C=O) groups excluding carboxylic acids is 1. The first-order chi connectivity index (χ1) is 19.5. The van der Waals surface area contributed by atoms with Crippen LogP contribution in [0.2, 0.25) is 0 Å². The van der Waals surface area contributed by atoms with E-state index in [1.165, 1.54) is 0 Å². The summed E-state index contributed by atoms with van der Waals surface area (Å²) in [5.41, 5.74) is -0.452. The fraction of sp³-hybridized carbons (Fsp3) is 0.125. The molecule has 4 aromatic carbocycles. The Labute approximate surface area is 231 Å². The van der Waals surface area contributed by atoms with Crippen molar-refractivity contribution in [3.63, 3.8) is 0 Å². The maximum atomic E-state index is 14.6. The maximum absolute atomic E-state index is 14.6. The molecule has 202 valence electrons. The second-order valence-corrected chi connectivity index (χ2v) is 9.01. The van der Waals surface area contributed by atoms with E-state index in [0.29, 0.717) is 28.7 Å². The van der Waals surface area contributed by atoms with Crippen LogP contribution in [0.25, 0.3) is 6.08 Å². The number of aliphatic carboxylic acids is 1. The van der Waals surface area contributed by atoms with Gasteiger partial charge in [-0.25, -0.2) is 4.79 Å². The Balaban J connectivity index is 1.69. The van der Waals surface area contributed by atoms with Gasteiger partial charge in [0.2, 0.25) is 12.9 Å². The normalized spacial score (nSPS) is 14.2. The zero-order valence-electron chi connectivity index (χ0n) is 21.7. The van der Waals surface area contributed by atoms with Crippen LogP contribution in [0.15, 0.2) is 109 Å². The number of carbonyl (C=O) groups is 2. The Hall–Kier alpha value is -5.24. The van der Waals surface area contributed by atoms with Gasteiger partial charge in [-0.2, -0.15) is 0 Å². The lowest BCUT2D eigenvalue weighted by molar-refractivity contribution is -0.146. The maximum Gasteiger partial charge on any atom is 0.348 e. The van der Waals surface area contributed by atoms with Crippen molar-refractivity contribution in [1.29, 1.82) is 0 Å². The summed E-state index contributed by atoms with van der Waals surface area (Å²) in [6, 6.07) is 29.4. The van der Waals surface area contributed by atoms with E-state index in [-0.39, 0.29) is 12.4 Å².